The first-order valence-electron chi connectivity index (χ1n) is 5.74. The lowest BCUT2D eigenvalue weighted by Crippen LogP contribution is -2.36. The zero-order valence-electron chi connectivity index (χ0n) is 9.35. The van der Waals surface area contributed by atoms with Crippen LogP contribution in [0.3, 0.4) is 0 Å². The van der Waals surface area contributed by atoms with Crippen molar-refractivity contribution < 1.29 is 14.7 Å². The molecule has 1 aliphatic carbocycles. The maximum Gasteiger partial charge on any atom is 0.326 e. The third-order valence-corrected chi connectivity index (χ3v) is 4.18. The average molecular weight is 245 g/mol. The molecular formula is C11H19NO3S. The number of thioether (sulfide) groups is 1. The second-order valence-corrected chi connectivity index (χ2v) is 5.34. The predicted molar refractivity (Wildman–Crippen MR) is 64.5 cm³/mol. The first-order valence-corrected chi connectivity index (χ1v) is 6.89. The Kier molecular flexibility index (Phi) is 6.30. The van der Waals surface area contributed by atoms with Gasteiger partial charge in [-0.3, -0.25) is 4.79 Å². The Morgan fingerprint density at radius 1 is 1.50 bits per heavy atom. The summed E-state index contributed by atoms with van der Waals surface area (Å²) in [7, 11) is 0. The molecule has 1 unspecified atom stereocenters. The van der Waals surface area contributed by atoms with E-state index in [2.05, 4.69) is 5.32 Å². The van der Waals surface area contributed by atoms with Gasteiger partial charge in [-0.1, -0.05) is 12.8 Å². The van der Waals surface area contributed by atoms with Crippen molar-refractivity contribution in [2.24, 2.45) is 5.92 Å². The second-order valence-electron chi connectivity index (χ2n) is 4.19. The van der Waals surface area contributed by atoms with Crippen LogP contribution < -0.4 is 5.32 Å². The van der Waals surface area contributed by atoms with Gasteiger partial charge < -0.3 is 10.4 Å². The van der Waals surface area contributed by atoms with Gasteiger partial charge in [-0.2, -0.15) is 11.8 Å². The van der Waals surface area contributed by atoms with Crippen molar-refractivity contribution >= 4 is 24.1 Å². The zero-order chi connectivity index (χ0) is 11.8. The fraction of sp³-hybridized carbons (Fsp3) is 0.818. The van der Waals surface area contributed by atoms with E-state index in [0.29, 0.717) is 12.8 Å². The van der Waals surface area contributed by atoms with E-state index in [1.165, 1.54) is 25.7 Å². The molecule has 0 aromatic carbocycles. The van der Waals surface area contributed by atoms with Crippen molar-refractivity contribution in [1.82, 2.24) is 5.32 Å². The fourth-order valence-electron chi connectivity index (χ4n) is 1.99. The molecule has 0 aromatic heterocycles. The van der Waals surface area contributed by atoms with Crippen LogP contribution in [0.4, 0.5) is 0 Å². The molecule has 16 heavy (non-hydrogen) atoms. The van der Waals surface area contributed by atoms with Gasteiger partial charge in [0.1, 0.15) is 6.04 Å². The summed E-state index contributed by atoms with van der Waals surface area (Å²) in [4.78, 5) is 20.9. The first kappa shape index (κ1) is 13.4. The van der Waals surface area contributed by atoms with E-state index in [-0.39, 0.29) is 0 Å². The molecule has 1 amide bonds. The molecule has 0 spiro atoms. The maximum atomic E-state index is 10.7. The summed E-state index contributed by atoms with van der Waals surface area (Å²) in [6.45, 7) is 0. The zero-order valence-corrected chi connectivity index (χ0v) is 10.2. The summed E-state index contributed by atoms with van der Waals surface area (Å²) in [6, 6.07) is -0.728. The Morgan fingerprint density at radius 3 is 2.75 bits per heavy atom. The normalized spacial score (nSPS) is 18.2. The molecule has 1 atom stereocenters. The van der Waals surface area contributed by atoms with Crippen LogP contribution in [0, 0.1) is 5.92 Å². The van der Waals surface area contributed by atoms with Crippen molar-refractivity contribution in [3.63, 3.8) is 0 Å². The highest BCUT2D eigenvalue weighted by Gasteiger charge is 2.17. The number of hydrogen-bond acceptors (Lipinski definition) is 3. The van der Waals surface area contributed by atoms with E-state index < -0.39 is 12.0 Å². The van der Waals surface area contributed by atoms with Crippen molar-refractivity contribution in [1.29, 1.82) is 0 Å². The van der Waals surface area contributed by atoms with E-state index in [9.17, 15) is 9.59 Å². The van der Waals surface area contributed by atoms with E-state index in [1.807, 2.05) is 0 Å². The van der Waals surface area contributed by atoms with Gasteiger partial charge in [0, 0.05) is 0 Å². The van der Waals surface area contributed by atoms with E-state index in [1.54, 1.807) is 11.8 Å². The third kappa shape index (κ3) is 4.88. The summed E-state index contributed by atoms with van der Waals surface area (Å²) in [5.41, 5.74) is 0. The monoisotopic (exact) mass is 245 g/mol. The van der Waals surface area contributed by atoms with E-state index in [0.717, 1.165) is 17.4 Å². The lowest BCUT2D eigenvalue weighted by atomic mass is 10.1. The maximum absolute atomic E-state index is 10.7. The van der Waals surface area contributed by atoms with Crippen molar-refractivity contribution in [2.75, 3.05) is 11.5 Å². The Bertz CT molecular complexity index is 229. The number of aliphatic carboxylic acids is 1. The molecular weight excluding hydrogens is 226 g/mol. The Balaban J connectivity index is 2.07. The number of amides is 1. The standard InChI is InChI=1S/C11H19NO3S/c13-8-12-10(11(14)15)5-6-16-7-9-3-1-2-4-9/h8-10H,1-7H2,(H,12,13)(H,14,15). The highest BCUT2D eigenvalue weighted by molar-refractivity contribution is 7.99. The molecule has 1 fully saturated rings. The largest absolute Gasteiger partial charge is 0.480 e. The molecule has 0 radical (unpaired) electrons. The van der Waals surface area contributed by atoms with Gasteiger partial charge in [0.2, 0.25) is 6.41 Å². The quantitative estimate of drug-likeness (QED) is 0.502. The molecule has 0 aliphatic heterocycles. The first-order chi connectivity index (χ1) is 7.74. The van der Waals surface area contributed by atoms with Gasteiger partial charge in [0.05, 0.1) is 0 Å². The van der Waals surface area contributed by atoms with Gasteiger partial charge in [0.15, 0.2) is 0 Å². The van der Waals surface area contributed by atoms with E-state index in [4.69, 9.17) is 5.11 Å². The van der Waals surface area contributed by atoms with Crippen LogP contribution in [0.1, 0.15) is 32.1 Å². The highest BCUT2D eigenvalue weighted by atomic mass is 32.2. The minimum Gasteiger partial charge on any atom is -0.480 e. The van der Waals surface area contributed by atoms with Crippen LogP contribution in [-0.2, 0) is 9.59 Å². The lowest BCUT2D eigenvalue weighted by molar-refractivity contribution is -0.140. The fourth-order valence-corrected chi connectivity index (χ4v) is 3.22. The lowest BCUT2D eigenvalue weighted by Gasteiger charge is -2.12. The molecule has 1 saturated carbocycles. The van der Waals surface area contributed by atoms with Gasteiger partial charge in [-0.25, -0.2) is 4.79 Å². The number of rotatable bonds is 8. The molecule has 0 saturated heterocycles. The topological polar surface area (TPSA) is 66.4 Å². The van der Waals surface area contributed by atoms with E-state index >= 15 is 0 Å². The summed E-state index contributed by atoms with van der Waals surface area (Å²) in [5, 5.41) is 11.1. The van der Waals surface area contributed by atoms with Crippen LogP contribution in [0.25, 0.3) is 0 Å². The molecule has 0 aromatic rings. The molecule has 0 heterocycles. The smallest absolute Gasteiger partial charge is 0.326 e. The van der Waals surface area contributed by atoms with Crippen LogP contribution in [-0.4, -0.2) is 35.0 Å². The molecule has 1 rings (SSSR count). The Labute approximate surface area is 100 Å². The molecule has 5 heteroatoms. The minimum absolute atomic E-state index is 0.459. The van der Waals surface area contributed by atoms with Gasteiger partial charge in [-0.15, -0.1) is 0 Å². The number of carbonyl (C=O) groups is 2. The molecule has 2 N–H and O–H groups in total. The predicted octanol–water partition coefficient (Wildman–Crippen LogP) is 1.50. The Hall–Kier alpha value is -0.710. The summed E-state index contributed by atoms with van der Waals surface area (Å²) >= 11 is 1.80. The Morgan fingerprint density at radius 2 is 2.19 bits per heavy atom. The average Bonchev–Trinajstić information content (AvgIpc) is 2.75. The number of carbonyl (C=O) groups excluding carboxylic acids is 1. The number of nitrogens with one attached hydrogen (secondary N) is 1. The van der Waals surface area contributed by atoms with Gasteiger partial charge in [-0.05, 0) is 36.7 Å². The van der Waals surface area contributed by atoms with Crippen LogP contribution >= 0.6 is 11.8 Å². The second kappa shape index (κ2) is 7.54. The van der Waals surface area contributed by atoms with Crippen LogP contribution in [0.5, 0.6) is 0 Å². The van der Waals surface area contributed by atoms with Crippen molar-refractivity contribution in [2.45, 2.75) is 38.1 Å². The molecule has 1 aliphatic rings. The molecule has 0 bridgehead atoms. The SMILES string of the molecule is O=CNC(CCSCC1CCCC1)C(=O)O. The number of carboxylic acid groups (broad SMARTS) is 1. The number of carboxylic acids is 1. The van der Waals surface area contributed by atoms with Crippen molar-refractivity contribution in [3.8, 4) is 0 Å². The van der Waals surface area contributed by atoms with Crippen molar-refractivity contribution in [3.05, 3.63) is 0 Å². The third-order valence-electron chi connectivity index (χ3n) is 2.95. The highest BCUT2D eigenvalue weighted by Crippen LogP contribution is 2.28. The summed E-state index contributed by atoms with van der Waals surface area (Å²) in [6.07, 6.45) is 6.29. The van der Waals surface area contributed by atoms with Crippen LogP contribution in [0.15, 0.2) is 0 Å². The summed E-state index contributed by atoms with van der Waals surface area (Å²) < 4.78 is 0. The minimum atomic E-state index is -0.950. The van der Waals surface area contributed by atoms with Gasteiger partial charge in [0.25, 0.3) is 0 Å². The van der Waals surface area contributed by atoms with Gasteiger partial charge >= 0.3 is 5.97 Å². The van der Waals surface area contributed by atoms with Crippen LogP contribution in [0.2, 0.25) is 0 Å². The summed E-state index contributed by atoms with van der Waals surface area (Å²) in [5.74, 6) is 1.81. The number of hydrogen-bond donors (Lipinski definition) is 2. The molecule has 92 valence electrons. The molecule has 4 nitrogen and oxygen atoms in total.